The van der Waals surface area contributed by atoms with Gasteiger partial charge in [0.2, 0.25) is 10.0 Å². The first-order valence-electron chi connectivity index (χ1n) is 14.0. The summed E-state index contributed by atoms with van der Waals surface area (Å²) in [6.45, 7) is 8.04. The van der Waals surface area contributed by atoms with Crippen LogP contribution in [0.1, 0.15) is 56.0 Å². The molecule has 0 spiro atoms. The molecule has 3 rings (SSSR count). The van der Waals surface area contributed by atoms with Gasteiger partial charge < -0.3 is 19.5 Å². The lowest BCUT2D eigenvalue weighted by Crippen LogP contribution is -2.47. The van der Waals surface area contributed by atoms with E-state index in [1.54, 1.807) is 24.0 Å². The number of hydrogen-bond donors (Lipinski definition) is 2. The van der Waals surface area contributed by atoms with Crippen molar-refractivity contribution in [3.8, 4) is 5.75 Å². The number of nitrogens with zero attached hydrogens (tertiary/aromatic N) is 2. The van der Waals surface area contributed by atoms with Crippen LogP contribution in [0.4, 0.5) is 5.69 Å². The van der Waals surface area contributed by atoms with Crippen LogP contribution in [0.25, 0.3) is 0 Å². The summed E-state index contributed by atoms with van der Waals surface area (Å²) in [4.78, 5) is 17.9. The zero-order valence-corrected chi connectivity index (χ0v) is 25.2. The van der Waals surface area contributed by atoms with Crippen LogP contribution < -0.4 is 9.46 Å². The molecule has 40 heavy (non-hydrogen) atoms. The fourth-order valence-corrected chi connectivity index (χ4v) is 5.48. The maximum atomic E-state index is 14.1. The Bertz CT molecular complexity index is 1190. The maximum absolute atomic E-state index is 14.1. The van der Waals surface area contributed by atoms with Gasteiger partial charge in [-0.05, 0) is 63.9 Å². The van der Waals surface area contributed by atoms with Crippen molar-refractivity contribution in [1.29, 1.82) is 0 Å². The number of rotatable bonds is 8. The van der Waals surface area contributed by atoms with Crippen LogP contribution in [0.2, 0.25) is 0 Å². The summed E-state index contributed by atoms with van der Waals surface area (Å²) in [5, 5.41) is 10.1. The molecular weight excluding hydrogens is 530 g/mol. The molecule has 0 radical (unpaired) electrons. The highest BCUT2D eigenvalue weighted by Crippen LogP contribution is 2.29. The minimum absolute atomic E-state index is 0.0419. The third kappa shape index (κ3) is 9.76. The molecule has 0 aromatic heterocycles. The normalized spacial score (nSPS) is 22.2. The molecule has 1 aliphatic heterocycles. The van der Waals surface area contributed by atoms with Crippen LogP contribution in [-0.2, 0) is 21.3 Å². The third-order valence-electron chi connectivity index (χ3n) is 7.14. The first-order chi connectivity index (χ1) is 19.0. The second-order valence-corrected chi connectivity index (χ2v) is 12.8. The third-order valence-corrected chi connectivity index (χ3v) is 7.75. The monoisotopic (exact) mass is 575 g/mol. The minimum atomic E-state index is -3.54. The van der Waals surface area contributed by atoms with E-state index in [0.717, 1.165) is 32.1 Å². The number of benzene rings is 2. The quantitative estimate of drug-likeness (QED) is 0.490. The van der Waals surface area contributed by atoms with Gasteiger partial charge in [-0.1, -0.05) is 37.3 Å². The van der Waals surface area contributed by atoms with Crippen molar-refractivity contribution in [2.24, 2.45) is 5.92 Å². The van der Waals surface area contributed by atoms with Crippen LogP contribution in [0.3, 0.4) is 0 Å². The molecule has 1 amide bonds. The second kappa shape index (κ2) is 14.8. The number of nitrogens with one attached hydrogen (secondary N) is 1. The maximum Gasteiger partial charge on any atom is 0.258 e. The zero-order valence-electron chi connectivity index (χ0n) is 24.4. The van der Waals surface area contributed by atoms with Gasteiger partial charge in [0, 0.05) is 37.8 Å². The Hall–Kier alpha value is -2.66. The Labute approximate surface area is 239 Å². The first kappa shape index (κ1) is 31.9. The van der Waals surface area contributed by atoms with E-state index in [1.807, 2.05) is 25.1 Å². The number of aliphatic hydroxyl groups excluding tert-OH is 1. The average molecular weight is 576 g/mol. The predicted octanol–water partition coefficient (Wildman–Crippen LogP) is 3.99. The second-order valence-electron chi connectivity index (χ2n) is 11.1. The smallest absolute Gasteiger partial charge is 0.258 e. The van der Waals surface area contributed by atoms with E-state index in [0.29, 0.717) is 25.4 Å². The molecule has 0 aliphatic carbocycles. The van der Waals surface area contributed by atoms with E-state index < -0.39 is 16.1 Å². The summed E-state index contributed by atoms with van der Waals surface area (Å²) in [5.74, 6) is 0.0210. The molecule has 0 saturated heterocycles. The van der Waals surface area contributed by atoms with Gasteiger partial charge in [-0.25, -0.2) is 8.42 Å². The van der Waals surface area contributed by atoms with Crippen molar-refractivity contribution in [2.75, 3.05) is 44.3 Å². The fraction of sp³-hybridized carbons (Fsp3) is 0.567. The van der Waals surface area contributed by atoms with Gasteiger partial charge in [-0.2, -0.15) is 0 Å². The van der Waals surface area contributed by atoms with Crippen molar-refractivity contribution in [3.63, 3.8) is 0 Å². The predicted molar refractivity (Wildman–Crippen MR) is 158 cm³/mol. The van der Waals surface area contributed by atoms with Gasteiger partial charge >= 0.3 is 0 Å². The molecule has 1 heterocycles. The Morgan fingerprint density at radius 1 is 1.15 bits per heavy atom. The van der Waals surface area contributed by atoms with E-state index in [1.165, 1.54) is 11.6 Å². The van der Waals surface area contributed by atoms with Crippen molar-refractivity contribution in [3.05, 3.63) is 59.7 Å². The number of sulfonamides is 1. The first-order valence-corrected chi connectivity index (χ1v) is 15.9. The number of likely N-dealkylation sites (N-methyl/N-ethyl adjacent to an activating group) is 1. The summed E-state index contributed by atoms with van der Waals surface area (Å²) in [7, 11) is -1.47. The molecule has 2 N–H and O–H groups in total. The highest BCUT2D eigenvalue weighted by atomic mass is 32.2. The van der Waals surface area contributed by atoms with E-state index >= 15 is 0 Å². The number of hydrogen-bond acceptors (Lipinski definition) is 7. The summed E-state index contributed by atoms with van der Waals surface area (Å²) in [6.07, 6.45) is 3.36. The number of anilines is 1. The lowest BCUT2D eigenvalue weighted by molar-refractivity contribution is -0.0177. The molecule has 4 atom stereocenters. The number of ether oxygens (including phenoxy) is 2. The van der Waals surface area contributed by atoms with Crippen LogP contribution in [0, 0.1) is 5.92 Å². The molecule has 10 heteroatoms. The average Bonchev–Trinajstić information content (AvgIpc) is 2.90. The fourth-order valence-electron chi connectivity index (χ4n) is 4.93. The van der Waals surface area contributed by atoms with Gasteiger partial charge in [0.25, 0.3) is 5.91 Å². The minimum Gasteiger partial charge on any atom is -0.490 e. The lowest BCUT2D eigenvalue weighted by atomic mass is 10.0. The number of fused-ring (bicyclic) bond motifs is 1. The van der Waals surface area contributed by atoms with Gasteiger partial charge in [0.15, 0.2) is 0 Å². The standard InChI is InChI=1S/C30H45N3O6S/c1-22-18-33(23(2)21-34)30(35)27-17-26(31-40(5,36)37)14-15-28(27)39-24(3)11-9-10-16-38-29(22)20-32(4)19-25-12-7-6-8-13-25/h6-8,12-15,17,22-24,29,31,34H,9-11,16,18-21H2,1-5H3/t22-,23-,24-,29-/m1/s1. The summed E-state index contributed by atoms with van der Waals surface area (Å²) in [6, 6.07) is 14.5. The Morgan fingerprint density at radius 3 is 2.55 bits per heavy atom. The van der Waals surface area contributed by atoms with Crippen molar-refractivity contribution in [1.82, 2.24) is 9.80 Å². The summed E-state index contributed by atoms with van der Waals surface area (Å²) in [5.41, 5.74) is 1.75. The molecule has 222 valence electrons. The van der Waals surface area contributed by atoms with Gasteiger partial charge in [-0.15, -0.1) is 0 Å². The highest BCUT2D eigenvalue weighted by Gasteiger charge is 2.30. The number of amides is 1. The Kier molecular flexibility index (Phi) is 11.8. The van der Waals surface area contributed by atoms with E-state index in [4.69, 9.17) is 9.47 Å². The van der Waals surface area contributed by atoms with Gasteiger partial charge in [0.05, 0.1) is 36.7 Å². The van der Waals surface area contributed by atoms with Crippen LogP contribution >= 0.6 is 0 Å². The van der Waals surface area contributed by atoms with E-state index in [9.17, 15) is 18.3 Å². The number of aliphatic hydroxyl groups is 1. The van der Waals surface area contributed by atoms with E-state index in [2.05, 4.69) is 35.7 Å². The SMILES string of the molecule is C[C@@H]1CCCCO[C@H](CN(C)Cc2ccccc2)[C@H](C)CN([C@H](C)CO)C(=O)c2cc(NS(C)(=O)=O)ccc2O1. The van der Waals surface area contributed by atoms with Crippen molar-refractivity contribution >= 4 is 21.6 Å². The highest BCUT2D eigenvalue weighted by molar-refractivity contribution is 7.92. The Balaban J connectivity index is 1.92. The van der Waals surface area contributed by atoms with Crippen LogP contribution in [0.15, 0.2) is 48.5 Å². The van der Waals surface area contributed by atoms with Gasteiger partial charge in [-0.3, -0.25) is 14.4 Å². The zero-order chi connectivity index (χ0) is 29.3. The molecule has 0 fully saturated rings. The number of carbonyl (C=O) groups excluding carboxylic acids is 1. The molecule has 1 aliphatic rings. The molecule has 0 bridgehead atoms. The lowest BCUT2D eigenvalue weighted by Gasteiger charge is -2.36. The molecule has 0 unspecified atom stereocenters. The molecule has 2 aromatic rings. The molecular formula is C30H45N3O6S. The summed E-state index contributed by atoms with van der Waals surface area (Å²) < 4.78 is 38.8. The topological polar surface area (TPSA) is 108 Å². The molecule has 9 nitrogen and oxygen atoms in total. The summed E-state index contributed by atoms with van der Waals surface area (Å²) >= 11 is 0. The van der Waals surface area contributed by atoms with Crippen molar-refractivity contribution in [2.45, 2.75) is 64.8 Å². The van der Waals surface area contributed by atoms with Crippen LogP contribution in [0.5, 0.6) is 5.75 Å². The largest absolute Gasteiger partial charge is 0.490 e. The molecule has 0 saturated carbocycles. The van der Waals surface area contributed by atoms with Crippen LogP contribution in [-0.4, -0.2) is 87.1 Å². The van der Waals surface area contributed by atoms with Crippen molar-refractivity contribution < 1.29 is 27.8 Å². The van der Waals surface area contributed by atoms with Gasteiger partial charge in [0.1, 0.15) is 5.75 Å². The van der Waals surface area contributed by atoms with E-state index in [-0.39, 0.29) is 41.9 Å². The molecule has 2 aromatic carbocycles. The number of carbonyl (C=O) groups is 1. The Morgan fingerprint density at radius 2 is 1.88 bits per heavy atom.